The fraction of sp³-hybridized carbons (Fsp3) is 0.217. The first-order valence-corrected chi connectivity index (χ1v) is 12.0. The van der Waals surface area contributed by atoms with Gasteiger partial charge in [-0.05, 0) is 18.2 Å². The molecule has 2 N–H and O–H groups in total. The zero-order valence-corrected chi connectivity index (χ0v) is 19.3. The second-order valence-electron chi connectivity index (χ2n) is 7.36. The van der Waals surface area contributed by atoms with Crippen LogP contribution in [0, 0.1) is 11.7 Å². The van der Waals surface area contributed by atoms with Crippen molar-refractivity contribution in [2.75, 3.05) is 29.6 Å². The van der Waals surface area contributed by atoms with Gasteiger partial charge in [0, 0.05) is 31.3 Å². The summed E-state index contributed by atoms with van der Waals surface area (Å²) in [5, 5.41) is 6.05. The largest absolute Gasteiger partial charge is 0.358 e. The minimum absolute atomic E-state index is 0.0418. The van der Waals surface area contributed by atoms with Crippen molar-refractivity contribution in [3.63, 3.8) is 0 Å². The molecule has 0 radical (unpaired) electrons. The monoisotopic (exact) mass is 484 g/mol. The molecular weight excluding hydrogens is 463 g/mol. The number of thioether (sulfide) groups is 1. The van der Waals surface area contributed by atoms with Gasteiger partial charge in [-0.1, -0.05) is 59.5 Å². The molecule has 33 heavy (non-hydrogen) atoms. The van der Waals surface area contributed by atoms with E-state index in [2.05, 4.69) is 15.6 Å². The molecule has 2 heterocycles. The number of hydrogen-bond acceptors (Lipinski definition) is 6. The third kappa shape index (κ3) is 5.40. The van der Waals surface area contributed by atoms with Crippen LogP contribution in [0.4, 0.5) is 15.1 Å². The van der Waals surface area contributed by atoms with E-state index in [0.717, 1.165) is 5.56 Å². The smallest absolute Gasteiger partial charge is 0.230 e. The Balaban J connectivity index is 1.52. The van der Waals surface area contributed by atoms with Gasteiger partial charge in [0.2, 0.25) is 17.7 Å². The van der Waals surface area contributed by atoms with E-state index in [0.29, 0.717) is 20.7 Å². The van der Waals surface area contributed by atoms with Gasteiger partial charge in [0.25, 0.3) is 0 Å². The second-order valence-corrected chi connectivity index (χ2v) is 9.58. The SMILES string of the molecule is CNC(=O)CSc1nc(-c2ccccc2)c(NC(=O)C2CC(=O)N(c3cccc(F)c3)C2)s1. The van der Waals surface area contributed by atoms with Gasteiger partial charge in [-0.2, -0.15) is 0 Å². The molecule has 0 saturated carbocycles. The quantitative estimate of drug-likeness (QED) is 0.498. The number of amides is 3. The van der Waals surface area contributed by atoms with Gasteiger partial charge in [0.1, 0.15) is 16.5 Å². The van der Waals surface area contributed by atoms with Gasteiger partial charge >= 0.3 is 0 Å². The van der Waals surface area contributed by atoms with Crippen LogP contribution >= 0.6 is 23.1 Å². The molecule has 3 amide bonds. The predicted octanol–water partition coefficient (Wildman–Crippen LogP) is 3.78. The number of thiazole rings is 1. The fourth-order valence-corrected chi connectivity index (χ4v) is 5.37. The Morgan fingerprint density at radius 1 is 1.21 bits per heavy atom. The molecule has 10 heteroatoms. The molecule has 3 aromatic rings. The Hall–Kier alpha value is -3.24. The first kappa shape index (κ1) is 22.9. The Labute approximate surface area is 198 Å². The first-order valence-electron chi connectivity index (χ1n) is 10.2. The lowest BCUT2D eigenvalue weighted by molar-refractivity contribution is -0.122. The maximum absolute atomic E-state index is 13.6. The third-order valence-corrected chi connectivity index (χ3v) is 7.23. The van der Waals surface area contributed by atoms with Crippen molar-refractivity contribution in [1.29, 1.82) is 0 Å². The van der Waals surface area contributed by atoms with E-state index in [9.17, 15) is 18.8 Å². The van der Waals surface area contributed by atoms with Crippen molar-refractivity contribution in [3.8, 4) is 11.3 Å². The summed E-state index contributed by atoms with van der Waals surface area (Å²) < 4.78 is 14.2. The number of benzene rings is 2. The summed E-state index contributed by atoms with van der Waals surface area (Å²) in [6.45, 7) is 0.172. The number of anilines is 2. The van der Waals surface area contributed by atoms with E-state index < -0.39 is 11.7 Å². The van der Waals surface area contributed by atoms with Crippen molar-refractivity contribution in [3.05, 3.63) is 60.4 Å². The number of halogens is 1. The highest BCUT2D eigenvalue weighted by Gasteiger charge is 2.36. The number of aromatic nitrogens is 1. The molecule has 7 nitrogen and oxygen atoms in total. The van der Waals surface area contributed by atoms with Crippen LogP contribution in [0.15, 0.2) is 58.9 Å². The van der Waals surface area contributed by atoms with Gasteiger partial charge in [-0.15, -0.1) is 0 Å². The van der Waals surface area contributed by atoms with E-state index >= 15 is 0 Å². The molecule has 0 aliphatic carbocycles. The Morgan fingerprint density at radius 3 is 2.73 bits per heavy atom. The second kappa shape index (κ2) is 10.1. The number of hydrogen-bond donors (Lipinski definition) is 2. The predicted molar refractivity (Wildman–Crippen MR) is 128 cm³/mol. The normalized spacial score (nSPS) is 15.5. The highest BCUT2D eigenvalue weighted by molar-refractivity contribution is 8.01. The zero-order chi connectivity index (χ0) is 23.4. The standard InChI is InChI=1S/C23H21FN4O3S2/c1-25-18(29)13-32-23-26-20(14-6-3-2-4-7-14)22(33-23)27-21(31)15-10-19(30)28(12-15)17-9-5-8-16(24)11-17/h2-9,11,15H,10,12-13H2,1H3,(H,25,29)(H,27,31). The highest BCUT2D eigenvalue weighted by atomic mass is 32.2. The molecule has 1 aromatic heterocycles. The van der Waals surface area contributed by atoms with Gasteiger partial charge in [-0.25, -0.2) is 9.37 Å². The van der Waals surface area contributed by atoms with Gasteiger partial charge in [0.15, 0.2) is 4.34 Å². The summed E-state index contributed by atoms with van der Waals surface area (Å²) in [7, 11) is 1.57. The van der Waals surface area contributed by atoms with Crippen LogP contribution in [-0.2, 0) is 14.4 Å². The lowest BCUT2D eigenvalue weighted by Gasteiger charge is -2.16. The minimum atomic E-state index is -0.575. The minimum Gasteiger partial charge on any atom is -0.358 e. The number of carbonyl (C=O) groups is 3. The average molecular weight is 485 g/mol. The van der Waals surface area contributed by atoms with Crippen LogP contribution in [0.25, 0.3) is 11.3 Å². The zero-order valence-electron chi connectivity index (χ0n) is 17.7. The first-order chi connectivity index (χ1) is 15.9. The number of nitrogens with zero attached hydrogens (tertiary/aromatic N) is 2. The van der Waals surface area contributed by atoms with E-state index in [-0.39, 0.29) is 36.4 Å². The summed E-state index contributed by atoms with van der Waals surface area (Å²) in [6.07, 6.45) is 0.0418. The molecule has 1 unspecified atom stereocenters. The molecule has 1 saturated heterocycles. The number of nitrogens with one attached hydrogen (secondary N) is 2. The van der Waals surface area contributed by atoms with Crippen LogP contribution in [0.5, 0.6) is 0 Å². The topological polar surface area (TPSA) is 91.4 Å². The Morgan fingerprint density at radius 2 is 2.00 bits per heavy atom. The fourth-order valence-electron chi connectivity index (χ4n) is 3.43. The molecule has 0 spiro atoms. The van der Waals surface area contributed by atoms with E-state index in [4.69, 9.17) is 0 Å². The summed E-state index contributed by atoms with van der Waals surface area (Å²) in [5.74, 6) is -1.45. The van der Waals surface area contributed by atoms with Crippen LogP contribution in [0.3, 0.4) is 0 Å². The molecule has 1 fully saturated rings. The summed E-state index contributed by atoms with van der Waals surface area (Å²) >= 11 is 2.57. The van der Waals surface area contributed by atoms with Crippen molar-refractivity contribution in [2.45, 2.75) is 10.8 Å². The molecule has 1 aliphatic heterocycles. The molecule has 0 bridgehead atoms. The molecule has 1 aliphatic rings. The van der Waals surface area contributed by atoms with Crippen molar-refractivity contribution < 1.29 is 18.8 Å². The van der Waals surface area contributed by atoms with Gasteiger partial charge in [-0.3, -0.25) is 14.4 Å². The molecule has 170 valence electrons. The van der Waals surface area contributed by atoms with Crippen LogP contribution < -0.4 is 15.5 Å². The Kier molecular flexibility index (Phi) is 7.05. The third-order valence-electron chi connectivity index (χ3n) is 5.11. The summed E-state index contributed by atoms with van der Waals surface area (Å²) in [4.78, 5) is 43.2. The van der Waals surface area contributed by atoms with Crippen molar-refractivity contribution >= 4 is 51.5 Å². The maximum atomic E-state index is 13.6. The molecular formula is C23H21FN4O3S2. The van der Waals surface area contributed by atoms with E-state index in [1.807, 2.05) is 30.3 Å². The summed E-state index contributed by atoms with van der Waals surface area (Å²) in [5.41, 5.74) is 1.88. The summed E-state index contributed by atoms with van der Waals surface area (Å²) in [6, 6.07) is 15.2. The van der Waals surface area contributed by atoms with Gasteiger partial charge in [0.05, 0.1) is 11.7 Å². The van der Waals surface area contributed by atoms with Gasteiger partial charge < -0.3 is 15.5 Å². The number of carbonyl (C=O) groups excluding carboxylic acids is 3. The lowest BCUT2D eigenvalue weighted by Crippen LogP contribution is -2.28. The molecule has 1 atom stereocenters. The van der Waals surface area contributed by atoms with Crippen molar-refractivity contribution in [1.82, 2.24) is 10.3 Å². The Bertz CT molecular complexity index is 1190. The van der Waals surface area contributed by atoms with E-state index in [1.54, 1.807) is 13.1 Å². The average Bonchev–Trinajstić information content (AvgIpc) is 3.41. The molecule has 4 rings (SSSR count). The highest BCUT2D eigenvalue weighted by Crippen LogP contribution is 2.38. The van der Waals surface area contributed by atoms with Crippen LogP contribution in [0.2, 0.25) is 0 Å². The van der Waals surface area contributed by atoms with Crippen LogP contribution in [0.1, 0.15) is 6.42 Å². The van der Waals surface area contributed by atoms with Crippen molar-refractivity contribution in [2.24, 2.45) is 5.92 Å². The van der Waals surface area contributed by atoms with E-state index in [1.165, 1.54) is 46.2 Å². The molecule has 2 aromatic carbocycles. The van der Waals surface area contributed by atoms with Crippen LogP contribution in [-0.4, -0.2) is 42.1 Å². The maximum Gasteiger partial charge on any atom is 0.230 e. The lowest BCUT2D eigenvalue weighted by atomic mass is 10.1. The number of rotatable bonds is 7.